The zero-order valence-corrected chi connectivity index (χ0v) is 23.7. The van der Waals surface area contributed by atoms with E-state index in [9.17, 15) is 18.0 Å². The van der Waals surface area contributed by atoms with Crippen LogP contribution >= 0.6 is 11.9 Å². The van der Waals surface area contributed by atoms with Crippen molar-refractivity contribution < 1.29 is 27.4 Å². The first-order valence-corrected chi connectivity index (χ1v) is 14.2. The summed E-state index contributed by atoms with van der Waals surface area (Å²) >= 11 is 1.07. The third kappa shape index (κ3) is 11.5. The van der Waals surface area contributed by atoms with Crippen LogP contribution in [-0.4, -0.2) is 61.6 Å². The van der Waals surface area contributed by atoms with Crippen molar-refractivity contribution in [1.82, 2.24) is 10.2 Å². The first-order chi connectivity index (χ1) is 18.7. The number of amides is 1. The summed E-state index contributed by atoms with van der Waals surface area (Å²) in [6, 6.07) is 5.44. The number of aryl methyl sites for hydroxylation is 1. The van der Waals surface area contributed by atoms with Gasteiger partial charge in [0, 0.05) is 37.2 Å². The summed E-state index contributed by atoms with van der Waals surface area (Å²) in [5, 5.41) is 11.4. The van der Waals surface area contributed by atoms with Gasteiger partial charge in [-0.05, 0) is 61.9 Å². The normalized spacial score (nSPS) is 15.8. The average Bonchev–Trinajstić information content (AvgIpc) is 3.11. The van der Waals surface area contributed by atoms with Gasteiger partial charge < -0.3 is 25.0 Å². The Kier molecular flexibility index (Phi) is 14.2. The van der Waals surface area contributed by atoms with Gasteiger partial charge in [-0.1, -0.05) is 26.3 Å². The Bertz CT molecular complexity index is 1010. The molecule has 12 heteroatoms. The van der Waals surface area contributed by atoms with Crippen molar-refractivity contribution in [3.8, 4) is 5.75 Å². The number of allylic oxidation sites excluding steroid dienone is 2. The fourth-order valence-electron chi connectivity index (χ4n) is 3.87. The maximum Gasteiger partial charge on any atom is 0.419 e. The molecule has 1 aliphatic heterocycles. The number of nitrogens with one attached hydrogen (secondary N) is 2. The van der Waals surface area contributed by atoms with Gasteiger partial charge in [0.05, 0.1) is 25.2 Å². The molecule has 1 aromatic rings. The topological polar surface area (TPSA) is 101 Å². The Labute approximate surface area is 233 Å². The van der Waals surface area contributed by atoms with Crippen molar-refractivity contribution in [3.05, 3.63) is 47.3 Å². The molecule has 2 rings (SSSR count). The zero-order valence-electron chi connectivity index (χ0n) is 22.9. The number of hydrogen-bond acceptors (Lipinski definition) is 7. The fourth-order valence-corrected chi connectivity index (χ4v) is 4.08. The summed E-state index contributed by atoms with van der Waals surface area (Å²) < 4.78 is 53.2. The number of hydrogen-bond donors (Lipinski definition) is 3. The molecule has 1 amide bonds. The highest BCUT2D eigenvalue weighted by Gasteiger charge is 2.36. The van der Waals surface area contributed by atoms with Gasteiger partial charge in [0.15, 0.2) is 0 Å². The van der Waals surface area contributed by atoms with E-state index in [1.165, 1.54) is 0 Å². The average molecular weight is 572 g/mol. The molecular weight excluding hydrogens is 531 g/mol. The molecule has 0 radical (unpaired) electrons. The number of carbonyl (C=O) groups is 1. The molecule has 0 atom stereocenters. The molecule has 1 aliphatic rings. The summed E-state index contributed by atoms with van der Waals surface area (Å²) in [6.07, 6.45) is 0.505. The maximum atomic E-state index is 14.1. The second-order valence-electron chi connectivity index (χ2n) is 8.91. The Balaban J connectivity index is 2.14. The molecule has 0 saturated carbocycles. The molecule has 4 N–H and O–H groups in total. The van der Waals surface area contributed by atoms with E-state index in [4.69, 9.17) is 14.6 Å². The minimum Gasteiger partial charge on any atom is -0.482 e. The fraction of sp³-hybridized carbons (Fsp3) is 0.556. The van der Waals surface area contributed by atoms with Crippen LogP contribution in [0.15, 0.2) is 46.7 Å². The van der Waals surface area contributed by atoms with Gasteiger partial charge in [-0.15, -0.1) is 0 Å². The van der Waals surface area contributed by atoms with Crippen LogP contribution in [0, 0.1) is 0 Å². The number of halogens is 3. The van der Waals surface area contributed by atoms with Crippen molar-refractivity contribution in [2.24, 2.45) is 10.1 Å². The largest absolute Gasteiger partial charge is 0.482 e. The quantitative estimate of drug-likeness (QED) is 0.0688. The minimum atomic E-state index is -4.61. The number of ether oxygens (including phenoxy) is 2. The third-order valence-electron chi connectivity index (χ3n) is 5.93. The van der Waals surface area contributed by atoms with E-state index in [2.05, 4.69) is 15.6 Å². The van der Waals surface area contributed by atoms with Gasteiger partial charge in [0.1, 0.15) is 17.5 Å². The second-order valence-corrected chi connectivity index (χ2v) is 9.48. The Morgan fingerprint density at radius 1 is 1.31 bits per heavy atom. The highest BCUT2D eigenvalue weighted by molar-refractivity contribution is 7.96. The standard InChI is InChI=1S/C27H40F3N5O3S/c1-4-6-8-25(32-12-7-13-35-14-16-37-15-11-26(35)36)23(27(28,29)30)18-33-20(3)34-24-10-9-22(38-19-39-31)17-21(24)5-2/h8-10,17-18,32H,4-7,11-16,19,31H2,1-3H3,(H,33,34)/b23-18+,25-8-. The number of nitrogens with zero attached hydrogens (tertiary/aromatic N) is 2. The van der Waals surface area contributed by atoms with Gasteiger partial charge >= 0.3 is 6.18 Å². The van der Waals surface area contributed by atoms with Crippen LogP contribution < -0.4 is 20.5 Å². The summed E-state index contributed by atoms with van der Waals surface area (Å²) in [6.45, 7) is 7.60. The predicted molar refractivity (Wildman–Crippen MR) is 152 cm³/mol. The third-order valence-corrected chi connectivity index (χ3v) is 6.18. The van der Waals surface area contributed by atoms with Crippen LogP contribution in [0.25, 0.3) is 0 Å². The number of benzene rings is 1. The molecule has 0 unspecified atom stereocenters. The molecule has 218 valence electrons. The van der Waals surface area contributed by atoms with Crippen LogP contribution in [0.5, 0.6) is 5.75 Å². The van der Waals surface area contributed by atoms with E-state index in [1.807, 2.05) is 19.9 Å². The van der Waals surface area contributed by atoms with E-state index in [0.29, 0.717) is 75.9 Å². The molecule has 0 spiro atoms. The molecule has 0 aliphatic carbocycles. The highest BCUT2D eigenvalue weighted by atomic mass is 32.2. The van der Waals surface area contributed by atoms with Crippen LogP contribution in [0.2, 0.25) is 0 Å². The molecule has 1 saturated heterocycles. The van der Waals surface area contributed by atoms with Crippen LogP contribution in [0.1, 0.15) is 52.0 Å². The van der Waals surface area contributed by atoms with Gasteiger partial charge in [-0.25, -0.2) is 4.99 Å². The number of alkyl halides is 3. The number of amidine groups is 1. The second kappa shape index (κ2) is 17.1. The van der Waals surface area contributed by atoms with Crippen molar-refractivity contribution in [2.45, 2.75) is 59.1 Å². The minimum absolute atomic E-state index is 0.00500. The van der Waals surface area contributed by atoms with Crippen LogP contribution in [-0.2, 0) is 16.0 Å². The van der Waals surface area contributed by atoms with E-state index < -0.39 is 11.7 Å². The molecule has 0 bridgehead atoms. The van der Waals surface area contributed by atoms with Crippen molar-refractivity contribution in [1.29, 1.82) is 0 Å². The zero-order chi connectivity index (χ0) is 28.7. The van der Waals surface area contributed by atoms with E-state index >= 15 is 0 Å². The molecule has 1 fully saturated rings. The van der Waals surface area contributed by atoms with Crippen molar-refractivity contribution in [3.63, 3.8) is 0 Å². The number of aliphatic imine (C=N–C) groups is 1. The lowest BCUT2D eigenvalue weighted by molar-refractivity contribution is -0.130. The van der Waals surface area contributed by atoms with Crippen LogP contribution in [0.3, 0.4) is 0 Å². The van der Waals surface area contributed by atoms with Crippen LogP contribution in [0.4, 0.5) is 18.9 Å². The van der Waals surface area contributed by atoms with E-state index in [0.717, 1.165) is 29.4 Å². The summed E-state index contributed by atoms with van der Waals surface area (Å²) in [4.78, 5) is 17.9. The van der Waals surface area contributed by atoms with Gasteiger partial charge in [0.25, 0.3) is 0 Å². The molecule has 0 aromatic heterocycles. The first-order valence-electron chi connectivity index (χ1n) is 13.2. The lowest BCUT2D eigenvalue weighted by atomic mass is 10.1. The lowest BCUT2D eigenvalue weighted by Gasteiger charge is -2.21. The Morgan fingerprint density at radius 2 is 2.10 bits per heavy atom. The SMILES string of the molecule is CCC/C=C(NCCCN1CCOCCC1=O)/C(=C\N=C(C)Nc1ccc(OCSN)cc1CC)C(F)(F)F. The number of nitrogens with two attached hydrogens (primary N) is 1. The van der Waals surface area contributed by atoms with Crippen molar-refractivity contribution in [2.75, 3.05) is 44.1 Å². The molecule has 39 heavy (non-hydrogen) atoms. The van der Waals surface area contributed by atoms with Crippen molar-refractivity contribution >= 4 is 29.4 Å². The maximum absolute atomic E-state index is 14.1. The van der Waals surface area contributed by atoms with Gasteiger partial charge in [-0.2, -0.15) is 13.2 Å². The smallest absolute Gasteiger partial charge is 0.419 e. The summed E-state index contributed by atoms with van der Waals surface area (Å²) in [7, 11) is 0. The van der Waals surface area contributed by atoms with E-state index in [1.54, 1.807) is 30.0 Å². The summed E-state index contributed by atoms with van der Waals surface area (Å²) in [5.74, 6) is 1.29. The summed E-state index contributed by atoms with van der Waals surface area (Å²) in [5.41, 5.74) is 0.806. The predicted octanol–water partition coefficient (Wildman–Crippen LogP) is 5.38. The Morgan fingerprint density at radius 3 is 2.79 bits per heavy atom. The number of unbranched alkanes of at least 4 members (excludes halogenated alkanes) is 1. The van der Waals surface area contributed by atoms with Gasteiger partial charge in [-0.3, -0.25) is 9.93 Å². The lowest BCUT2D eigenvalue weighted by Crippen LogP contribution is -2.34. The monoisotopic (exact) mass is 571 g/mol. The molecular formula is C27H40F3N5O3S. The first kappa shape index (κ1) is 32.5. The number of rotatable bonds is 14. The Hall–Kier alpha value is -2.70. The number of anilines is 1. The molecule has 1 aromatic carbocycles. The molecule has 1 heterocycles. The van der Waals surface area contributed by atoms with Gasteiger partial charge in [0.2, 0.25) is 5.91 Å². The van der Waals surface area contributed by atoms with E-state index in [-0.39, 0.29) is 18.1 Å². The number of carbonyl (C=O) groups excluding carboxylic acids is 1. The highest BCUT2D eigenvalue weighted by Crippen LogP contribution is 2.31. The molecule has 8 nitrogen and oxygen atoms in total.